The molecule has 0 spiro atoms. The van der Waals surface area contributed by atoms with Crippen LogP contribution in [0.25, 0.3) is 0 Å². The Hall–Kier alpha value is -0.735. The molecule has 0 fully saturated rings. The molecule has 0 saturated heterocycles. The van der Waals surface area contributed by atoms with Crippen LogP contribution in [0.2, 0.25) is 0 Å². The minimum absolute atomic E-state index is 0. The monoisotopic (exact) mass is 550 g/mol. The van der Waals surface area contributed by atoms with E-state index in [1.807, 2.05) is 60.7 Å². The van der Waals surface area contributed by atoms with E-state index in [-0.39, 0.29) is 47.9 Å². The first-order valence-corrected chi connectivity index (χ1v) is 14.0. The summed E-state index contributed by atoms with van der Waals surface area (Å²) in [7, 11) is 0. The first kappa shape index (κ1) is 28.3. The van der Waals surface area contributed by atoms with Crippen LogP contribution >= 0.6 is 0 Å². The molecule has 2 aliphatic rings. The minimum atomic E-state index is 0. The van der Waals surface area contributed by atoms with Gasteiger partial charge >= 0.3 is 126 Å². The Kier molecular flexibility index (Phi) is 14.7. The molecule has 0 amide bonds. The molecular weight excluding hydrogens is 513 g/mol. The first-order chi connectivity index (χ1) is 13.3. The average molecular weight is 548 g/mol. The summed E-state index contributed by atoms with van der Waals surface area (Å²) in [4.78, 5) is 0. The summed E-state index contributed by atoms with van der Waals surface area (Å²) in [5, 5.41) is 0. The fourth-order valence-corrected chi connectivity index (χ4v) is 8.21. The zero-order valence-corrected chi connectivity index (χ0v) is 24.4. The summed E-state index contributed by atoms with van der Waals surface area (Å²) in [6.07, 6.45) is 0. The quantitative estimate of drug-likeness (QED) is 0.238. The van der Waals surface area contributed by atoms with Crippen molar-refractivity contribution in [2.45, 2.75) is 55.4 Å². The standard InChI is InChI=1S/2C8H12Ge.2C5H5.Fe/c2*1-5-6(2)8(4)9-7(5)3;2*1-2-4-5-3-1;/h2*1-4H3;2*1-5H;/q;;2*-1;. The molecule has 156 valence electrons. The van der Waals surface area contributed by atoms with Crippen molar-refractivity contribution in [1.29, 1.82) is 0 Å². The fraction of sp³-hybridized carbons (Fsp3) is 0.308. The number of hydrogen-bond donors (Lipinski definition) is 0. The van der Waals surface area contributed by atoms with Crippen LogP contribution in [0.5, 0.6) is 0 Å². The van der Waals surface area contributed by atoms with E-state index in [1.54, 1.807) is 39.9 Å². The molecule has 4 radical (unpaired) electrons. The van der Waals surface area contributed by atoms with Crippen molar-refractivity contribution >= 4 is 30.9 Å². The van der Waals surface area contributed by atoms with E-state index in [0.717, 1.165) is 0 Å². The van der Waals surface area contributed by atoms with Crippen LogP contribution in [0.3, 0.4) is 0 Å². The van der Waals surface area contributed by atoms with Gasteiger partial charge in [-0.05, 0) is 0 Å². The maximum atomic E-state index is 2.27. The van der Waals surface area contributed by atoms with Crippen molar-refractivity contribution in [1.82, 2.24) is 0 Å². The maximum Gasteiger partial charge on any atom is 0 e. The van der Waals surface area contributed by atoms with Crippen LogP contribution < -0.4 is 0 Å². The summed E-state index contributed by atoms with van der Waals surface area (Å²) in [6.45, 7) is 18.1. The van der Waals surface area contributed by atoms with Crippen LogP contribution in [0.1, 0.15) is 55.4 Å². The molecule has 0 saturated carbocycles. The smallest absolute Gasteiger partial charge is 0 e. The number of allylic oxidation sites excluding steroid dienone is 8. The molecule has 2 aliphatic heterocycles. The number of hydrogen-bond acceptors (Lipinski definition) is 0. The van der Waals surface area contributed by atoms with Crippen LogP contribution in [-0.4, -0.2) is 30.9 Å². The number of rotatable bonds is 0. The zero-order valence-electron chi connectivity index (χ0n) is 19.1. The van der Waals surface area contributed by atoms with Gasteiger partial charge in [-0.3, -0.25) is 0 Å². The molecule has 2 aromatic rings. The fourth-order valence-electron chi connectivity index (χ4n) is 2.70. The summed E-state index contributed by atoms with van der Waals surface area (Å²) < 4.78 is 6.69. The van der Waals surface area contributed by atoms with Crippen molar-refractivity contribution in [3.63, 3.8) is 0 Å². The Morgan fingerprint density at radius 3 is 0.724 bits per heavy atom. The molecule has 0 aromatic heterocycles. The topological polar surface area (TPSA) is 0 Å². The average Bonchev–Trinajstić information content (AvgIpc) is 3.47. The van der Waals surface area contributed by atoms with Gasteiger partial charge in [0.05, 0.1) is 0 Å². The Balaban J connectivity index is 0.000000369. The van der Waals surface area contributed by atoms with E-state index in [4.69, 9.17) is 0 Å². The normalized spacial score (nSPS) is 15.2. The van der Waals surface area contributed by atoms with Crippen LogP contribution in [0.15, 0.2) is 101 Å². The SMILES string of the molecule is C[C]1=C(C)C(C)=[C](C)[Ge]1.C[C]1=C(C)C(C)=[C](C)[Ge]1.[Fe].c1cc[cH-]c1.c1cc[cH-]c1. The van der Waals surface area contributed by atoms with Gasteiger partial charge in [-0.2, -0.15) is 36.4 Å². The van der Waals surface area contributed by atoms with Crippen molar-refractivity contribution < 1.29 is 17.1 Å². The van der Waals surface area contributed by atoms with Gasteiger partial charge in [0.25, 0.3) is 0 Å². The van der Waals surface area contributed by atoms with Gasteiger partial charge < -0.3 is 0 Å². The van der Waals surface area contributed by atoms with Gasteiger partial charge in [-0.15, -0.1) is 0 Å². The van der Waals surface area contributed by atoms with Crippen molar-refractivity contribution in [2.24, 2.45) is 0 Å². The van der Waals surface area contributed by atoms with Crippen molar-refractivity contribution in [2.75, 3.05) is 0 Å². The molecule has 0 unspecified atom stereocenters. The molecular formula is C26H34FeGe2-2. The summed E-state index contributed by atoms with van der Waals surface area (Å²) in [5.41, 5.74) is 6.25. The van der Waals surface area contributed by atoms with Gasteiger partial charge in [0.2, 0.25) is 0 Å². The second-order valence-electron chi connectivity index (χ2n) is 7.17. The predicted octanol–water partition coefficient (Wildman–Crippen LogP) is 7.39. The Bertz CT molecular complexity index is 679. The van der Waals surface area contributed by atoms with Gasteiger partial charge in [0.1, 0.15) is 0 Å². The van der Waals surface area contributed by atoms with E-state index in [1.165, 1.54) is 0 Å². The second kappa shape index (κ2) is 15.1. The molecule has 0 aliphatic carbocycles. The summed E-state index contributed by atoms with van der Waals surface area (Å²) in [5.74, 6) is 0. The first-order valence-electron chi connectivity index (χ1n) is 9.83. The molecule has 0 nitrogen and oxygen atoms in total. The van der Waals surface area contributed by atoms with E-state index < -0.39 is 0 Å². The van der Waals surface area contributed by atoms with Gasteiger partial charge in [-0.1, -0.05) is 0 Å². The summed E-state index contributed by atoms with van der Waals surface area (Å²) >= 11 is 0.343. The van der Waals surface area contributed by atoms with Gasteiger partial charge in [0.15, 0.2) is 0 Å². The van der Waals surface area contributed by atoms with E-state index in [0.29, 0.717) is 0 Å². The molecule has 0 N–H and O–H groups in total. The third-order valence-corrected chi connectivity index (χ3v) is 11.5. The van der Waals surface area contributed by atoms with Crippen LogP contribution in [-0.2, 0) is 17.1 Å². The van der Waals surface area contributed by atoms with Gasteiger partial charge in [0, 0.05) is 17.1 Å². The second-order valence-corrected chi connectivity index (χ2v) is 14.5. The zero-order chi connectivity index (χ0) is 21.1. The largest absolute Gasteiger partial charge is 0.214 e. The van der Waals surface area contributed by atoms with Crippen LogP contribution in [0, 0.1) is 0 Å². The molecule has 0 bridgehead atoms. The molecule has 2 heterocycles. The molecule has 4 rings (SSSR count). The molecule has 29 heavy (non-hydrogen) atoms. The predicted molar refractivity (Wildman–Crippen MR) is 129 cm³/mol. The third-order valence-electron chi connectivity index (χ3n) is 5.24. The van der Waals surface area contributed by atoms with E-state index >= 15 is 0 Å². The summed E-state index contributed by atoms with van der Waals surface area (Å²) in [6, 6.07) is 20.0. The third kappa shape index (κ3) is 10.2. The van der Waals surface area contributed by atoms with Gasteiger partial charge in [-0.25, -0.2) is 24.3 Å². The molecule has 2 aromatic carbocycles. The minimum Gasteiger partial charge on any atom is -0.214 e. The van der Waals surface area contributed by atoms with Crippen LogP contribution in [0.4, 0.5) is 0 Å². The Morgan fingerprint density at radius 1 is 0.448 bits per heavy atom. The van der Waals surface area contributed by atoms with Crippen molar-refractivity contribution in [3.05, 3.63) is 101 Å². The van der Waals surface area contributed by atoms with E-state index in [2.05, 4.69) is 55.4 Å². The van der Waals surface area contributed by atoms with Crippen molar-refractivity contribution in [3.8, 4) is 0 Å². The molecule has 0 atom stereocenters. The Labute approximate surface area is 202 Å². The van der Waals surface area contributed by atoms with E-state index in [9.17, 15) is 0 Å². The molecule has 3 heteroatoms. The Morgan fingerprint density at radius 2 is 0.655 bits per heavy atom. The maximum absolute atomic E-state index is 2.27.